The summed E-state index contributed by atoms with van der Waals surface area (Å²) >= 11 is 0. The SMILES string of the molecule is CCc1ccc(O)c(C(=O)NCc2ccc(OC)c(C(=O)OC)c2)c1. The van der Waals surface area contributed by atoms with Crippen LogP contribution in [0.1, 0.15) is 38.8 Å². The third-order valence-electron chi connectivity index (χ3n) is 3.84. The zero-order chi connectivity index (χ0) is 18.4. The van der Waals surface area contributed by atoms with E-state index in [-0.39, 0.29) is 29.3 Å². The van der Waals surface area contributed by atoms with Crippen LogP contribution in [0.5, 0.6) is 11.5 Å². The van der Waals surface area contributed by atoms with Crippen molar-refractivity contribution in [2.45, 2.75) is 19.9 Å². The largest absolute Gasteiger partial charge is 0.507 e. The Morgan fingerprint density at radius 1 is 1.04 bits per heavy atom. The number of esters is 1. The first kappa shape index (κ1) is 18.3. The Balaban J connectivity index is 2.16. The molecule has 0 saturated carbocycles. The molecule has 0 fully saturated rings. The summed E-state index contributed by atoms with van der Waals surface area (Å²) in [5.74, 6) is -0.573. The number of benzene rings is 2. The molecule has 0 heterocycles. The third kappa shape index (κ3) is 4.29. The fourth-order valence-electron chi connectivity index (χ4n) is 2.40. The summed E-state index contributed by atoms with van der Waals surface area (Å²) in [5, 5.41) is 12.6. The fourth-order valence-corrected chi connectivity index (χ4v) is 2.40. The first-order valence-electron chi connectivity index (χ1n) is 7.85. The first-order valence-corrected chi connectivity index (χ1v) is 7.85. The minimum Gasteiger partial charge on any atom is -0.507 e. The van der Waals surface area contributed by atoms with Crippen molar-refractivity contribution in [2.24, 2.45) is 0 Å². The topological polar surface area (TPSA) is 84.9 Å². The predicted molar refractivity (Wildman–Crippen MR) is 93.0 cm³/mol. The summed E-state index contributed by atoms with van der Waals surface area (Å²) in [5.41, 5.74) is 2.18. The van der Waals surface area contributed by atoms with E-state index in [0.29, 0.717) is 11.3 Å². The van der Waals surface area contributed by atoms with E-state index in [1.807, 2.05) is 6.92 Å². The molecule has 0 aromatic heterocycles. The number of amides is 1. The van der Waals surface area contributed by atoms with E-state index in [1.165, 1.54) is 20.3 Å². The van der Waals surface area contributed by atoms with Gasteiger partial charge in [0.15, 0.2) is 0 Å². The van der Waals surface area contributed by atoms with E-state index in [4.69, 9.17) is 9.47 Å². The summed E-state index contributed by atoms with van der Waals surface area (Å²) in [7, 11) is 2.76. The summed E-state index contributed by atoms with van der Waals surface area (Å²) < 4.78 is 9.87. The number of aryl methyl sites for hydroxylation is 1. The Hall–Kier alpha value is -3.02. The lowest BCUT2D eigenvalue weighted by molar-refractivity contribution is 0.0597. The molecule has 0 aliphatic rings. The van der Waals surface area contributed by atoms with Gasteiger partial charge in [0.05, 0.1) is 19.8 Å². The average molecular weight is 343 g/mol. The van der Waals surface area contributed by atoms with Crippen molar-refractivity contribution < 1.29 is 24.2 Å². The third-order valence-corrected chi connectivity index (χ3v) is 3.84. The monoisotopic (exact) mass is 343 g/mol. The van der Waals surface area contributed by atoms with Gasteiger partial charge in [0.25, 0.3) is 5.91 Å². The van der Waals surface area contributed by atoms with Gasteiger partial charge in [0.2, 0.25) is 0 Å². The van der Waals surface area contributed by atoms with Crippen LogP contribution < -0.4 is 10.1 Å². The second-order valence-electron chi connectivity index (χ2n) is 5.41. The molecule has 6 nitrogen and oxygen atoms in total. The van der Waals surface area contributed by atoms with Crippen molar-refractivity contribution in [1.29, 1.82) is 0 Å². The maximum Gasteiger partial charge on any atom is 0.341 e. The number of carbonyl (C=O) groups is 2. The van der Waals surface area contributed by atoms with Crippen LogP contribution in [0, 0.1) is 0 Å². The lowest BCUT2D eigenvalue weighted by Gasteiger charge is -2.11. The van der Waals surface area contributed by atoms with Crippen LogP contribution in [0.2, 0.25) is 0 Å². The zero-order valence-electron chi connectivity index (χ0n) is 14.5. The molecule has 1 amide bonds. The molecule has 0 radical (unpaired) electrons. The van der Waals surface area contributed by atoms with Gasteiger partial charge in [-0.1, -0.05) is 19.1 Å². The smallest absolute Gasteiger partial charge is 0.341 e. The molecule has 0 aliphatic heterocycles. The summed E-state index contributed by atoms with van der Waals surface area (Å²) in [4.78, 5) is 24.1. The quantitative estimate of drug-likeness (QED) is 0.788. The Morgan fingerprint density at radius 2 is 1.72 bits per heavy atom. The molecular weight excluding hydrogens is 322 g/mol. The van der Waals surface area contributed by atoms with Crippen molar-refractivity contribution in [2.75, 3.05) is 14.2 Å². The highest BCUT2D eigenvalue weighted by Gasteiger charge is 2.15. The maximum atomic E-state index is 12.3. The average Bonchev–Trinajstić information content (AvgIpc) is 2.65. The predicted octanol–water partition coefficient (Wildman–Crippen LogP) is 2.68. The van der Waals surface area contributed by atoms with Crippen molar-refractivity contribution in [3.05, 3.63) is 58.7 Å². The Kier molecular flexibility index (Phi) is 6.00. The van der Waals surface area contributed by atoms with E-state index in [2.05, 4.69) is 5.32 Å². The van der Waals surface area contributed by atoms with Crippen LogP contribution in [0.15, 0.2) is 36.4 Å². The minimum atomic E-state index is -0.515. The number of phenolic OH excluding ortho intramolecular Hbond substituents is 1. The van der Waals surface area contributed by atoms with Crippen LogP contribution in [-0.4, -0.2) is 31.2 Å². The standard InChI is InChI=1S/C19H21NO5/c1-4-12-5-7-16(21)14(9-12)18(22)20-11-13-6-8-17(24-2)15(10-13)19(23)25-3/h5-10,21H,4,11H2,1-3H3,(H,20,22). The van der Waals surface area contributed by atoms with Gasteiger partial charge in [-0.05, 0) is 41.8 Å². The number of rotatable bonds is 6. The van der Waals surface area contributed by atoms with Crippen molar-refractivity contribution in [3.8, 4) is 11.5 Å². The minimum absolute atomic E-state index is 0.0697. The molecule has 2 aromatic rings. The summed E-state index contributed by atoms with van der Waals surface area (Å²) in [6.07, 6.45) is 0.765. The molecule has 2 rings (SSSR count). The number of ether oxygens (including phenoxy) is 2. The van der Waals surface area contributed by atoms with Gasteiger partial charge in [0, 0.05) is 6.54 Å². The molecule has 0 atom stereocenters. The maximum absolute atomic E-state index is 12.3. The Morgan fingerprint density at radius 3 is 2.36 bits per heavy atom. The van der Waals surface area contributed by atoms with Gasteiger partial charge < -0.3 is 19.9 Å². The molecule has 0 aliphatic carbocycles. The van der Waals surface area contributed by atoms with Gasteiger partial charge in [-0.15, -0.1) is 0 Å². The highest BCUT2D eigenvalue weighted by atomic mass is 16.5. The van der Waals surface area contributed by atoms with Crippen LogP contribution in [-0.2, 0) is 17.7 Å². The molecule has 0 spiro atoms. The molecule has 0 unspecified atom stereocenters. The van der Waals surface area contributed by atoms with Gasteiger partial charge >= 0.3 is 5.97 Å². The number of hydrogen-bond donors (Lipinski definition) is 2. The molecule has 2 aromatic carbocycles. The molecule has 0 bridgehead atoms. The van der Waals surface area contributed by atoms with Crippen LogP contribution in [0.4, 0.5) is 0 Å². The Labute approximate surface area is 146 Å². The molecule has 6 heteroatoms. The summed E-state index contributed by atoms with van der Waals surface area (Å²) in [6, 6.07) is 9.94. The molecular formula is C19H21NO5. The van der Waals surface area contributed by atoms with Gasteiger partial charge in [0.1, 0.15) is 17.1 Å². The van der Waals surface area contributed by atoms with Crippen molar-refractivity contribution in [3.63, 3.8) is 0 Å². The highest BCUT2D eigenvalue weighted by Crippen LogP contribution is 2.22. The van der Waals surface area contributed by atoms with Crippen LogP contribution in [0.3, 0.4) is 0 Å². The first-order chi connectivity index (χ1) is 12.0. The van der Waals surface area contributed by atoms with Crippen LogP contribution >= 0.6 is 0 Å². The van der Waals surface area contributed by atoms with Gasteiger partial charge in [-0.25, -0.2) is 4.79 Å². The van der Waals surface area contributed by atoms with E-state index < -0.39 is 5.97 Å². The number of hydrogen-bond acceptors (Lipinski definition) is 5. The van der Waals surface area contributed by atoms with Gasteiger partial charge in [-0.2, -0.15) is 0 Å². The molecule has 0 saturated heterocycles. The second-order valence-corrected chi connectivity index (χ2v) is 5.41. The summed E-state index contributed by atoms with van der Waals surface area (Å²) in [6.45, 7) is 2.17. The number of methoxy groups -OCH3 is 2. The van der Waals surface area contributed by atoms with Gasteiger partial charge in [-0.3, -0.25) is 4.79 Å². The number of carbonyl (C=O) groups excluding carboxylic acids is 2. The van der Waals surface area contributed by atoms with E-state index >= 15 is 0 Å². The van der Waals surface area contributed by atoms with Crippen molar-refractivity contribution >= 4 is 11.9 Å². The second kappa shape index (κ2) is 8.19. The molecule has 2 N–H and O–H groups in total. The zero-order valence-corrected chi connectivity index (χ0v) is 14.5. The molecule has 132 valence electrons. The van der Waals surface area contributed by atoms with E-state index in [0.717, 1.165) is 12.0 Å². The normalized spacial score (nSPS) is 10.2. The highest BCUT2D eigenvalue weighted by molar-refractivity contribution is 5.97. The van der Waals surface area contributed by atoms with Crippen LogP contribution in [0.25, 0.3) is 0 Å². The number of aromatic hydroxyl groups is 1. The van der Waals surface area contributed by atoms with E-state index in [9.17, 15) is 14.7 Å². The Bertz CT molecular complexity index is 785. The molecule has 25 heavy (non-hydrogen) atoms. The van der Waals surface area contributed by atoms with Crippen molar-refractivity contribution in [1.82, 2.24) is 5.32 Å². The lowest BCUT2D eigenvalue weighted by atomic mass is 10.1. The van der Waals surface area contributed by atoms with E-state index in [1.54, 1.807) is 30.3 Å². The number of phenols is 1. The number of nitrogens with one attached hydrogen (secondary N) is 1. The lowest BCUT2D eigenvalue weighted by Crippen LogP contribution is -2.23. The fraction of sp³-hybridized carbons (Fsp3) is 0.263.